The topological polar surface area (TPSA) is 64.0 Å². The second-order valence-electron chi connectivity index (χ2n) is 6.03. The molecule has 5 nitrogen and oxygen atoms in total. The predicted molar refractivity (Wildman–Crippen MR) is 91.9 cm³/mol. The van der Waals surface area contributed by atoms with Gasteiger partial charge < -0.3 is 15.1 Å². The maximum absolute atomic E-state index is 11.3. The van der Waals surface area contributed by atoms with E-state index >= 15 is 0 Å². The number of rotatable bonds is 4. The molecule has 0 bridgehead atoms. The molecule has 2 aromatic rings. The molecule has 1 aliphatic rings. The van der Waals surface area contributed by atoms with Crippen LogP contribution >= 0.6 is 0 Å². The van der Waals surface area contributed by atoms with E-state index in [2.05, 4.69) is 29.2 Å². The highest BCUT2D eigenvalue weighted by atomic mass is 16.4. The second kappa shape index (κ2) is 7.47. The van der Waals surface area contributed by atoms with Gasteiger partial charge in [-0.3, -0.25) is 4.90 Å². The number of carbonyl (C=O) groups is 1. The fraction of sp³-hybridized carbons (Fsp3) is 0.316. The van der Waals surface area contributed by atoms with Gasteiger partial charge in [0.05, 0.1) is 18.7 Å². The van der Waals surface area contributed by atoms with E-state index in [4.69, 9.17) is 0 Å². The molecule has 1 atom stereocenters. The molecule has 5 heteroatoms. The van der Waals surface area contributed by atoms with Crippen molar-refractivity contribution in [1.82, 2.24) is 9.80 Å². The average Bonchev–Trinajstić information content (AvgIpc) is 2.64. The van der Waals surface area contributed by atoms with Gasteiger partial charge in [-0.15, -0.1) is 0 Å². The Kier molecular flexibility index (Phi) is 5.13. The third-order valence-corrected chi connectivity index (χ3v) is 4.57. The molecule has 3 rings (SSSR count). The fourth-order valence-corrected chi connectivity index (χ4v) is 3.39. The summed E-state index contributed by atoms with van der Waals surface area (Å²) in [6.07, 6.45) is -0.927. The van der Waals surface area contributed by atoms with Gasteiger partial charge in [-0.25, -0.2) is 4.79 Å². The molecule has 2 aromatic carbocycles. The van der Waals surface area contributed by atoms with Gasteiger partial charge in [0, 0.05) is 19.6 Å². The Hall–Kier alpha value is -2.37. The van der Waals surface area contributed by atoms with Crippen molar-refractivity contribution in [2.24, 2.45) is 0 Å². The van der Waals surface area contributed by atoms with Crippen molar-refractivity contribution in [2.75, 3.05) is 26.2 Å². The fourth-order valence-electron chi connectivity index (χ4n) is 3.39. The lowest BCUT2D eigenvalue weighted by Gasteiger charge is -2.44. The lowest BCUT2D eigenvalue weighted by molar-refractivity contribution is 0.0243. The van der Waals surface area contributed by atoms with Gasteiger partial charge in [0.2, 0.25) is 0 Å². The van der Waals surface area contributed by atoms with Gasteiger partial charge in [0.25, 0.3) is 0 Å². The largest absolute Gasteiger partial charge is 0.465 e. The SMILES string of the molecule is O=C(O)N1CCN(C(c2ccccc2)c2ccccc2)C(CO)C1. The van der Waals surface area contributed by atoms with Crippen LogP contribution in [0.2, 0.25) is 0 Å². The predicted octanol–water partition coefficient (Wildman–Crippen LogP) is 2.43. The first kappa shape index (κ1) is 16.5. The number of aliphatic hydroxyl groups is 1. The molecule has 24 heavy (non-hydrogen) atoms. The molecule has 126 valence electrons. The minimum Gasteiger partial charge on any atom is -0.465 e. The zero-order chi connectivity index (χ0) is 16.9. The van der Waals surface area contributed by atoms with Gasteiger partial charge in [0.15, 0.2) is 0 Å². The Morgan fingerprint density at radius 1 is 1.00 bits per heavy atom. The summed E-state index contributed by atoms with van der Waals surface area (Å²) < 4.78 is 0. The molecule has 1 aliphatic heterocycles. The summed E-state index contributed by atoms with van der Waals surface area (Å²) in [6.45, 7) is 1.29. The first-order valence-corrected chi connectivity index (χ1v) is 8.15. The average molecular weight is 326 g/mol. The van der Waals surface area contributed by atoms with Crippen molar-refractivity contribution in [3.63, 3.8) is 0 Å². The highest BCUT2D eigenvalue weighted by molar-refractivity contribution is 5.65. The van der Waals surface area contributed by atoms with E-state index in [1.165, 1.54) is 4.90 Å². The van der Waals surface area contributed by atoms with Crippen LogP contribution in [-0.2, 0) is 0 Å². The number of hydrogen-bond acceptors (Lipinski definition) is 3. The number of carboxylic acid groups (broad SMARTS) is 1. The van der Waals surface area contributed by atoms with Gasteiger partial charge in [0.1, 0.15) is 0 Å². The summed E-state index contributed by atoms with van der Waals surface area (Å²) >= 11 is 0. The Morgan fingerprint density at radius 2 is 1.54 bits per heavy atom. The normalized spacial score (nSPS) is 18.8. The molecule has 0 radical (unpaired) electrons. The summed E-state index contributed by atoms with van der Waals surface area (Å²) in [7, 11) is 0. The smallest absolute Gasteiger partial charge is 0.407 e. The van der Waals surface area contributed by atoms with Crippen LogP contribution in [0.1, 0.15) is 17.2 Å². The Balaban J connectivity index is 1.95. The van der Waals surface area contributed by atoms with Gasteiger partial charge in [-0.1, -0.05) is 60.7 Å². The summed E-state index contributed by atoms with van der Waals surface area (Å²) in [5.41, 5.74) is 2.29. The van der Waals surface area contributed by atoms with Crippen LogP contribution in [0.15, 0.2) is 60.7 Å². The van der Waals surface area contributed by atoms with Crippen molar-refractivity contribution in [3.8, 4) is 0 Å². The number of piperazine rings is 1. The maximum atomic E-state index is 11.3. The Bertz CT molecular complexity index is 623. The van der Waals surface area contributed by atoms with E-state index in [-0.39, 0.29) is 18.7 Å². The van der Waals surface area contributed by atoms with E-state index in [0.717, 1.165) is 11.1 Å². The van der Waals surface area contributed by atoms with E-state index in [9.17, 15) is 15.0 Å². The molecule has 1 unspecified atom stereocenters. The summed E-state index contributed by atoms with van der Waals surface area (Å²) in [6, 6.07) is 20.1. The van der Waals surface area contributed by atoms with Gasteiger partial charge in [-0.05, 0) is 11.1 Å². The highest BCUT2D eigenvalue weighted by Crippen LogP contribution is 2.31. The van der Waals surface area contributed by atoms with Crippen molar-refractivity contribution < 1.29 is 15.0 Å². The third kappa shape index (κ3) is 3.42. The molecule has 2 N–H and O–H groups in total. The Morgan fingerprint density at radius 3 is 2.00 bits per heavy atom. The third-order valence-electron chi connectivity index (χ3n) is 4.57. The molecule has 1 amide bonds. The van der Waals surface area contributed by atoms with E-state index in [1.807, 2.05) is 36.4 Å². The van der Waals surface area contributed by atoms with Gasteiger partial charge in [-0.2, -0.15) is 0 Å². The van der Waals surface area contributed by atoms with E-state index in [1.54, 1.807) is 0 Å². The molecular formula is C19H22N2O3. The summed E-state index contributed by atoms with van der Waals surface area (Å²) in [5, 5.41) is 19.1. The first-order valence-electron chi connectivity index (χ1n) is 8.15. The van der Waals surface area contributed by atoms with Crippen molar-refractivity contribution in [1.29, 1.82) is 0 Å². The molecule has 1 saturated heterocycles. The van der Waals surface area contributed by atoms with Crippen LogP contribution in [0.25, 0.3) is 0 Å². The molecule has 0 saturated carbocycles. The number of hydrogen-bond donors (Lipinski definition) is 2. The minimum absolute atomic E-state index is 0.000458. The van der Waals surface area contributed by atoms with Crippen molar-refractivity contribution in [3.05, 3.63) is 71.8 Å². The van der Waals surface area contributed by atoms with Crippen LogP contribution in [0, 0.1) is 0 Å². The summed E-state index contributed by atoms with van der Waals surface area (Å²) in [4.78, 5) is 14.8. The van der Waals surface area contributed by atoms with Crippen LogP contribution < -0.4 is 0 Å². The molecule has 0 spiro atoms. The number of benzene rings is 2. The second-order valence-corrected chi connectivity index (χ2v) is 6.03. The van der Waals surface area contributed by atoms with Crippen LogP contribution in [0.3, 0.4) is 0 Å². The highest BCUT2D eigenvalue weighted by Gasteiger charge is 2.34. The molecule has 1 heterocycles. The molecule has 0 aromatic heterocycles. The number of amides is 1. The van der Waals surface area contributed by atoms with E-state index < -0.39 is 6.09 Å². The number of aliphatic hydroxyl groups excluding tert-OH is 1. The lowest BCUT2D eigenvalue weighted by atomic mass is 9.94. The lowest BCUT2D eigenvalue weighted by Crippen LogP contribution is -2.56. The summed E-state index contributed by atoms with van der Waals surface area (Å²) in [5.74, 6) is 0. The van der Waals surface area contributed by atoms with Crippen LogP contribution in [0.4, 0.5) is 4.79 Å². The quantitative estimate of drug-likeness (QED) is 0.906. The first-order chi connectivity index (χ1) is 11.7. The zero-order valence-electron chi connectivity index (χ0n) is 13.5. The molecule has 0 aliphatic carbocycles. The molecule has 1 fully saturated rings. The molecular weight excluding hydrogens is 304 g/mol. The standard InChI is InChI=1S/C19H22N2O3/c22-14-17-13-20(19(23)24)11-12-21(17)18(15-7-3-1-4-8-15)16-9-5-2-6-10-16/h1-10,17-18,22H,11-14H2,(H,23,24). The van der Waals surface area contributed by atoms with E-state index in [0.29, 0.717) is 19.6 Å². The van der Waals surface area contributed by atoms with Gasteiger partial charge >= 0.3 is 6.09 Å². The maximum Gasteiger partial charge on any atom is 0.407 e. The van der Waals surface area contributed by atoms with Crippen molar-refractivity contribution in [2.45, 2.75) is 12.1 Å². The number of nitrogens with zero attached hydrogens (tertiary/aromatic N) is 2. The van der Waals surface area contributed by atoms with Crippen LogP contribution in [-0.4, -0.2) is 58.4 Å². The minimum atomic E-state index is -0.927. The zero-order valence-corrected chi connectivity index (χ0v) is 13.5. The van der Waals surface area contributed by atoms with Crippen molar-refractivity contribution >= 4 is 6.09 Å². The Labute approximate surface area is 141 Å². The monoisotopic (exact) mass is 326 g/mol. The van der Waals surface area contributed by atoms with Crippen LogP contribution in [0.5, 0.6) is 0 Å².